The standard InChI is InChI=1S/C20H20N2O3S/c1-11-8-12(2)17(13(3)9-11)22-20(24)18-14(4)10-16(26-18)21-19(23)15-6-5-7-25-15/h5-10H,1-4H3,(H,21,23)(H,22,24). The van der Waals surface area contributed by atoms with Gasteiger partial charge in [0.25, 0.3) is 11.8 Å². The third-order valence-corrected chi connectivity index (χ3v) is 5.17. The second-order valence-corrected chi connectivity index (χ2v) is 7.33. The molecule has 0 atom stereocenters. The second kappa shape index (κ2) is 7.17. The quantitative estimate of drug-likeness (QED) is 0.674. The minimum Gasteiger partial charge on any atom is -0.459 e. The fraction of sp³-hybridized carbons (Fsp3) is 0.200. The number of hydrogen-bond acceptors (Lipinski definition) is 4. The molecule has 6 heteroatoms. The highest BCUT2D eigenvalue weighted by Crippen LogP contribution is 2.29. The number of thiophene rings is 1. The predicted octanol–water partition coefficient (Wildman–Crippen LogP) is 5.08. The van der Waals surface area contributed by atoms with E-state index in [0.29, 0.717) is 9.88 Å². The lowest BCUT2D eigenvalue weighted by atomic mass is 10.0. The van der Waals surface area contributed by atoms with E-state index >= 15 is 0 Å². The van der Waals surface area contributed by atoms with Crippen LogP contribution < -0.4 is 10.6 Å². The lowest BCUT2D eigenvalue weighted by molar-refractivity contribution is 0.0995. The van der Waals surface area contributed by atoms with Crippen molar-refractivity contribution in [2.45, 2.75) is 27.7 Å². The van der Waals surface area contributed by atoms with Crippen LogP contribution in [0.25, 0.3) is 0 Å². The number of hydrogen-bond donors (Lipinski definition) is 2. The van der Waals surface area contributed by atoms with Gasteiger partial charge in [0.05, 0.1) is 16.1 Å². The molecule has 0 radical (unpaired) electrons. The third kappa shape index (κ3) is 3.70. The van der Waals surface area contributed by atoms with E-state index in [4.69, 9.17) is 4.42 Å². The van der Waals surface area contributed by atoms with Gasteiger partial charge in [0, 0.05) is 5.69 Å². The average Bonchev–Trinajstić information content (AvgIpc) is 3.20. The molecule has 0 spiro atoms. The fourth-order valence-electron chi connectivity index (χ4n) is 2.90. The molecule has 0 fully saturated rings. The molecule has 2 N–H and O–H groups in total. The van der Waals surface area contributed by atoms with Gasteiger partial charge in [-0.15, -0.1) is 11.3 Å². The Morgan fingerprint density at radius 3 is 2.23 bits per heavy atom. The van der Waals surface area contributed by atoms with Crippen LogP contribution >= 0.6 is 11.3 Å². The molecule has 0 aliphatic carbocycles. The van der Waals surface area contributed by atoms with E-state index < -0.39 is 0 Å². The zero-order chi connectivity index (χ0) is 18.8. The monoisotopic (exact) mass is 368 g/mol. The summed E-state index contributed by atoms with van der Waals surface area (Å²) in [4.78, 5) is 25.4. The molecule has 26 heavy (non-hydrogen) atoms. The SMILES string of the molecule is Cc1cc(C)c(NC(=O)c2sc(NC(=O)c3ccco3)cc2C)c(C)c1. The van der Waals surface area contributed by atoms with E-state index in [1.165, 1.54) is 17.6 Å². The van der Waals surface area contributed by atoms with Crippen molar-refractivity contribution in [2.24, 2.45) is 0 Å². The molecule has 2 amide bonds. The Kier molecular flexibility index (Phi) is 4.95. The number of carbonyl (C=O) groups is 2. The molecule has 134 valence electrons. The van der Waals surface area contributed by atoms with Crippen molar-refractivity contribution in [3.05, 3.63) is 69.5 Å². The maximum Gasteiger partial charge on any atom is 0.291 e. The Balaban J connectivity index is 1.79. The highest BCUT2D eigenvalue weighted by molar-refractivity contribution is 7.18. The van der Waals surface area contributed by atoms with Crippen LogP contribution in [0.1, 0.15) is 42.5 Å². The normalized spacial score (nSPS) is 10.6. The lowest BCUT2D eigenvalue weighted by Gasteiger charge is -2.12. The largest absolute Gasteiger partial charge is 0.459 e. The van der Waals surface area contributed by atoms with Gasteiger partial charge in [-0.05, 0) is 62.6 Å². The van der Waals surface area contributed by atoms with E-state index in [1.807, 2.05) is 39.8 Å². The summed E-state index contributed by atoms with van der Waals surface area (Å²) in [5.74, 6) is -0.289. The topological polar surface area (TPSA) is 71.3 Å². The molecular weight excluding hydrogens is 348 g/mol. The van der Waals surface area contributed by atoms with Gasteiger partial charge >= 0.3 is 0 Å². The number of benzene rings is 1. The summed E-state index contributed by atoms with van der Waals surface area (Å²) < 4.78 is 5.08. The van der Waals surface area contributed by atoms with Crippen molar-refractivity contribution in [3.63, 3.8) is 0 Å². The number of aryl methyl sites for hydroxylation is 4. The Morgan fingerprint density at radius 2 is 1.62 bits per heavy atom. The first-order valence-corrected chi connectivity index (χ1v) is 9.01. The van der Waals surface area contributed by atoms with Crippen LogP contribution in [-0.2, 0) is 0 Å². The zero-order valence-corrected chi connectivity index (χ0v) is 15.9. The van der Waals surface area contributed by atoms with E-state index in [0.717, 1.165) is 27.9 Å². The molecule has 0 unspecified atom stereocenters. The summed E-state index contributed by atoms with van der Waals surface area (Å²) in [6.07, 6.45) is 1.44. The van der Waals surface area contributed by atoms with Gasteiger partial charge in [-0.3, -0.25) is 9.59 Å². The molecule has 5 nitrogen and oxygen atoms in total. The first kappa shape index (κ1) is 17.9. The van der Waals surface area contributed by atoms with Crippen molar-refractivity contribution in [2.75, 3.05) is 10.6 Å². The van der Waals surface area contributed by atoms with Crippen molar-refractivity contribution < 1.29 is 14.0 Å². The summed E-state index contributed by atoms with van der Waals surface area (Å²) in [7, 11) is 0. The summed E-state index contributed by atoms with van der Waals surface area (Å²) in [5, 5.41) is 6.36. The zero-order valence-electron chi connectivity index (χ0n) is 15.1. The Hall–Kier alpha value is -2.86. The van der Waals surface area contributed by atoms with Gasteiger partial charge in [0.15, 0.2) is 5.76 Å². The van der Waals surface area contributed by atoms with E-state index in [1.54, 1.807) is 18.2 Å². The van der Waals surface area contributed by atoms with Crippen LogP contribution in [0.4, 0.5) is 10.7 Å². The van der Waals surface area contributed by atoms with Crippen molar-refractivity contribution in [1.29, 1.82) is 0 Å². The lowest BCUT2D eigenvalue weighted by Crippen LogP contribution is -2.13. The van der Waals surface area contributed by atoms with Crippen LogP contribution in [-0.4, -0.2) is 11.8 Å². The van der Waals surface area contributed by atoms with Crippen LogP contribution in [0, 0.1) is 27.7 Å². The summed E-state index contributed by atoms with van der Waals surface area (Å²) >= 11 is 1.24. The smallest absolute Gasteiger partial charge is 0.291 e. The van der Waals surface area contributed by atoms with Crippen LogP contribution in [0.15, 0.2) is 41.0 Å². The first-order valence-electron chi connectivity index (χ1n) is 8.19. The van der Waals surface area contributed by atoms with Crippen LogP contribution in [0.2, 0.25) is 0 Å². The number of carbonyl (C=O) groups excluding carboxylic acids is 2. The Morgan fingerprint density at radius 1 is 0.923 bits per heavy atom. The summed E-state index contributed by atoms with van der Waals surface area (Å²) in [6, 6.07) is 9.11. The average molecular weight is 368 g/mol. The molecule has 0 saturated heterocycles. The van der Waals surface area contributed by atoms with Gasteiger partial charge in [0.1, 0.15) is 0 Å². The number of nitrogens with one attached hydrogen (secondary N) is 2. The van der Waals surface area contributed by atoms with Gasteiger partial charge < -0.3 is 15.1 Å². The molecule has 1 aromatic carbocycles. The van der Waals surface area contributed by atoms with Gasteiger partial charge in [-0.1, -0.05) is 17.7 Å². The molecule has 0 aliphatic rings. The number of anilines is 2. The molecular formula is C20H20N2O3S. The molecule has 3 rings (SSSR count). The highest BCUT2D eigenvalue weighted by Gasteiger charge is 2.18. The number of amides is 2. The molecule has 2 heterocycles. The summed E-state index contributed by atoms with van der Waals surface area (Å²) in [5.41, 5.74) is 4.85. The maximum absolute atomic E-state index is 12.7. The minimum absolute atomic E-state index is 0.180. The number of rotatable bonds is 4. The van der Waals surface area contributed by atoms with Gasteiger partial charge in [0.2, 0.25) is 0 Å². The molecule has 2 aromatic heterocycles. The minimum atomic E-state index is -0.339. The van der Waals surface area contributed by atoms with Crippen molar-refractivity contribution in [1.82, 2.24) is 0 Å². The van der Waals surface area contributed by atoms with Gasteiger partial charge in [-0.25, -0.2) is 0 Å². The van der Waals surface area contributed by atoms with E-state index in [9.17, 15) is 9.59 Å². The van der Waals surface area contributed by atoms with Crippen molar-refractivity contribution >= 4 is 33.8 Å². The molecule has 0 aliphatic heterocycles. The van der Waals surface area contributed by atoms with E-state index in [2.05, 4.69) is 10.6 Å². The highest BCUT2D eigenvalue weighted by atomic mass is 32.1. The van der Waals surface area contributed by atoms with Gasteiger partial charge in [-0.2, -0.15) is 0 Å². The van der Waals surface area contributed by atoms with E-state index in [-0.39, 0.29) is 17.6 Å². The van der Waals surface area contributed by atoms with Crippen molar-refractivity contribution in [3.8, 4) is 0 Å². The fourth-order valence-corrected chi connectivity index (χ4v) is 3.86. The predicted molar refractivity (Wildman–Crippen MR) is 104 cm³/mol. The second-order valence-electron chi connectivity index (χ2n) is 6.28. The summed E-state index contributed by atoms with van der Waals surface area (Å²) in [6.45, 7) is 7.84. The maximum atomic E-state index is 12.7. The molecule has 3 aromatic rings. The Labute approximate surface area is 156 Å². The first-order chi connectivity index (χ1) is 12.3. The molecule has 0 bridgehead atoms. The van der Waals surface area contributed by atoms with Crippen LogP contribution in [0.3, 0.4) is 0 Å². The molecule has 0 saturated carbocycles. The Bertz CT molecular complexity index is 948. The third-order valence-electron chi connectivity index (χ3n) is 4.02. The van der Waals surface area contributed by atoms with Crippen LogP contribution in [0.5, 0.6) is 0 Å². The number of furan rings is 1.